The lowest BCUT2D eigenvalue weighted by Gasteiger charge is -2.05. The molecule has 1 aromatic heterocycles. The van der Waals surface area contributed by atoms with Crippen molar-refractivity contribution in [2.75, 3.05) is 6.61 Å². The maximum atomic E-state index is 5.60. The van der Waals surface area contributed by atoms with Gasteiger partial charge in [0, 0.05) is 5.56 Å². The smallest absolute Gasteiger partial charge is 0.208 e. The lowest BCUT2D eigenvalue weighted by atomic mass is 10.2. The van der Waals surface area contributed by atoms with E-state index in [0.29, 0.717) is 12.4 Å². The van der Waals surface area contributed by atoms with Crippen LogP contribution in [0.25, 0.3) is 11.3 Å². The molecule has 0 atom stereocenters. The molecule has 0 saturated carbocycles. The summed E-state index contributed by atoms with van der Waals surface area (Å²) in [6.07, 6.45) is 3.83. The second-order valence-corrected chi connectivity index (χ2v) is 4.06. The summed E-state index contributed by atoms with van der Waals surface area (Å²) in [5.74, 6) is 1.43. The zero-order valence-corrected chi connectivity index (χ0v) is 10.6. The quantitative estimate of drug-likeness (QED) is 0.796. The first kappa shape index (κ1) is 12.6. The van der Waals surface area contributed by atoms with Crippen molar-refractivity contribution in [2.45, 2.75) is 26.3 Å². The third kappa shape index (κ3) is 3.11. The second kappa shape index (κ2) is 6.21. The van der Waals surface area contributed by atoms with Crippen molar-refractivity contribution >= 4 is 0 Å². The van der Waals surface area contributed by atoms with E-state index in [9.17, 15) is 0 Å². The minimum Gasteiger partial charge on any atom is -0.494 e. The van der Waals surface area contributed by atoms with Gasteiger partial charge in [-0.3, -0.25) is 0 Å². The molecule has 1 heterocycles. The third-order valence-electron chi connectivity index (χ3n) is 2.64. The molecule has 2 aromatic rings. The van der Waals surface area contributed by atoms with Gasteiger partial charge < -0.3 is 14.9 Å². The van der Waals surface area contributed by atoms with E-state index in [0.717, 1.165) is 36.5 Å². The van der Waals surface area contributed by atoms with Crippen LogP contribution >= 0.6 is 0 Å². The van der Waals surface area contributed by atoms with Crippen LogP contribution in [0.2, 0.25) is 0 Å². The Balaban J connectivity index is 2.02. The number of rotatable bonds is 6. The molecule has 0 amide bonds. The number of ether oxygens (including phenoxy) is 1. The summed E-state index contributed by atoms with van der Waals surface area (Å²) in [5.41, 5.74) is 7.26. The number of benzene rings is 1. The van der Waals surface area contributed by atoms with E-state index in [-0.39, 0.29) is 0 Å². The van der Waals surface area contributed by atoms with Crippen molar-refractivity contribution in [3.63, 3.8) is 0 Å². The third-order valence-corrected chi connectivity index (χ3v) is 2.64. The van der Waals surface area contributed by atoms with Gasteiger partial charge in [-0.15, -0.1) is 0 Å². The zero-order chi connectivity index (χ0) is 12.8. The summed E-state index contributed by atoms with van der Waals surface area (Å²) >= 11 is 0. The molecular weight excluding hydrogens is 228 g/mol. The Morgan fingerprint density at radius 2 is 2.06 bits per heavy atom. The van der Waals surface area contributed by atoms with Gasteiger partial charge in [-0.1, -0.05) is 13.3 Å². The molecule has 0 fully saturated rings. The Bertz CT molecular complexity index is 477. The van der Waals surface area contributed by atoms with Gasteiger partial charge >= 0.3 is 0 Å². The average molecular weight is 246 g/mol. The van der Waals surface area contributed by atoms with Crippen molar-refractivity contribution < 1.29 is 9.15 Å². The fraction of sp³-hybridized carbons (Fsp3) is 0.357. The number of hydrogen-bond donors (Lipinski definition) is 1. The van der Waals surface area contributed by atoms with E-state index >= 15 is 0 Å². The van der Waals surface area contributed by atoms with Gasteiger partial charge in [-0.25, -0.2) is 4.98 Å². The lowest BCUT2D eigenvalue weighted by Crippen LogP contribution is -1.96. The zero-order valence-electron chi connectivity index (χ0n) is 10.6. The highest BCUT2D eigenvalue weighted by Gasteiger charge is 2.04. The minimum atomic E-state index is 0.318. The molecule has 0 bridgehead atoms. The van der Waals surface area contributed by atoms with Crippen molar-refractivity contribution in [2.24, 2.45) is 5.73 Å². The molecule has 2 N–H and O–H groups in total. The molecule has 4 heteroatoms. The van der Waals surface area contributed by atoms with Crippen molar-refractivity contribution in [3.05, 3.63) is 36.4 Å². The van der Waals surface area contributed by atoms with E-state index in [1.54, 1.807) is 6.26 Å². The van der Waals surface area contributed by atoms with Crippen LogP contribution < -0.4 is 10.5 Å². The summed E-state index contributed by atoms with van der Waals surface area (Å²) in [5, 5.41) is 0. The van der Waals surface area contributed by atoms with Crippen molar-refractivity contribution in [1.82, 2.24) is 4.98 Å². The molecule has 4 nitrogen and oxygen atoms in total. The molecule has 0 aliphatic heterocycles. The normalized spacial score (nSPS) is 10.6. The van der Waals surface area contributed by atoms with E-state index in [1.807, 2.05) is 24.3 Å². The van der Waals surface area contributed by atoms with Crippen molar-refractivity contribution in [1.29, 1.82) is 0 Å². The summed E-state index contributed by atoms with van der Waals surface area (Å²) in [4.78, 5) is 4.27. The Morgan fingerprint density at radius 3 is 2.67 bits per heavy atom. The lowest BCUT2D eigenvalue weighted by molar-refractivity contribution is 0.309. The van der Waals surface area contributed by atoms with E-state index in [2.05, 4.69) is 11.9 Å². The number of oxazole rings is 1. The first-order chi connectivity index (χ1) is 8.83. The molecule has 1 aromatic carbocycles. The van der Waals surface area contributed by atoms with Gasteiger partial charge in [0.05, 0.1) is 13.2 Å². The van der Waals surface area contributed by atoms with Crippen LogP contribution in [0.3, 0.4) is 0 Å². The SMILES string of the molecule is CCCCOc1ccc(-c2coc(CN)n2)cc1. The molecule has 96 valence electrons. The largest absolute Gasteiger partial charge is 0.494 e. The first-order valence-electron chi connectivity index (χ1n) is 6.21. The van der Waals surface area contributed by atoms with Gasteiger partial charge in [0.15, 0.2) is 0 Å². The molecule has 0 radical (unpaired) electrons. The summed E-state index contributed by atoms with van der Waals surface area (Å²) < 4.78 is 10.8. The Labute approximate surface area is 107 Å². The van der Waals surface area contributed by atoms with Crippen molar-refractivity contribution in [3.8, 4) is 17.0 Å². The molecule has 18 heavy (non-hydrogen) atoms. The van der Waals surface area contributed by atoms with E-state index < -0.39 is 0 Å². The van der Waals surface area contributed by atoms with Gasteiger partial charge in [0.1, 0.15) is 17.7 Å². The van der Waals surface area contributed by atoms with Gasteiger partial charge in [-0.2, -0.15) is 0 Å². The fourth-order valence-corrected chi connectivity index (χ4v) is 1.59. The van der Waals surface area contributed by atoms with Crippen LogP contribution in [0.4, 0.5) is 0 Å². The maximum Gasteiger partial charge on any atom is 0.208 e. The molecule has 0 aliphatic carbocycles. The highest BCUT2D eigenvalue weighted by Crippen LogP contribution is 2.21. The van der Waals surface area contributed by atoms with Gasteiger partial charge in [-0.05, 0) is 30.7 Å². The van der Waals surface area contributed by atoms with E-state index in [4.69, 9.17) is 14.9 Å². The average Bonchev–Trinajstić information content (AvgIpc) is 2.89. The maximum absolute atomic E-state index is 5.60. The monoisotopic (exact) mass is 246 g/mol. The summed E-state index contributed by atoms with van der Waals surface area (Å²) in [6.45, 7) is 3.22. The van der Waals surface area contributed by atoms with Gasteiger partial charge in [0.2, 0.25) is 5.89 Å². The predicted octanol–water partition coefficient (Wildman–Crippen LogP) is 2.98. The molecule has 0 aliphatic rings. The Hall–Kier alpha value is -1.81. The highest BCUT2D eigenvalue weighted by molar-refractivity contribution is 5.58. The molecule has 0 saturated heterocycles. The molecule has 0 spiro atoms. The van der Waals surface area contributed by atoms with Crippen LogP contribution in [-0.4, -0.2) is 11.6 Å². The van der Waals surface area contributed by atoms with Crippen LogP contribution in [0.1, 0.15) is 25.7 Å². The second-order valence-electron chi connectivity index (χ2n) is 4.06. The van der Waals surface area contributed by atoms with Gasteiger partial charge in [0.25, 0.3) is 0 Å². The minimum absolute atomic E-state index is 0.318. The number of unbranched alkanes of at least 4 members (excludes halogenated alkanes) is 1. The highest BCUT2D eigenvalue weighted by atomic mass is 16.5. The number of hydrogen-bond acceptors (Lipinski definition) is 4. The first-order valence-corrected chi connectivity index (χ1v) is 6.21. The topological polar surface area (TPSA) is 61.3 Å². The summed E-state index contributed by atoms with van der Waals surface area (Å²) in [6, 6.07) is 7.84. The van der Waals surface area contributed by atoms with E-state index in [1.165, 1.54) is 0 Å². The van der Waals surface area contributed by atoms with Crippen LogP contribution in [0, 0.1) is 0 Å². The fourth-order valence-electron chi connectivity index (χ4n) is 1.59. The standard InChI is InChI=1S/C14H18N2O2/c1-2-3-8-17-12-6-4-11(5-7-12)13-10-18-14(9-15)16-13/h4-7,10H,2-3,8-9,15H2,1H3. The number of aromatic nitrogens is 1. The summed E-state index contributed by atoms with van der Waals surface area (Å²) in [7, 11) is 0. The van der Waals surface area contributed by atoms with Crippen LogP contribution in [-0.2, 0) is 6.54 Å². The Morgan fingerprint density at radius 1 is 1.28 bits per heavy atom. The molecule has 0 unspecified atom stereocenters. The van der Waals surface area contributed by atoms with Crippen LogP contribution in [0.15, 0.2) is 34.9 Å². The van der Waals surface area contributed by atoms with Crippen LogP contribution in [0.5, 0.6) is 5.75 Å². The number of nitrogens with two attached hydrogens (primary N) is 1. The molecular formula is C14H18N2O2. The predicted molar refractivity (Wildman–Crippen MR) is 70.2 cm³/mol. The Kier molecular flexibility index (Phi) is 4.36. The number of nitrogens with zero attached hydrogens (tertiary/aromatic N) is 1. The molecule has 2 rings (SSSR count).